The standard InChI is InChI=1S/C48H77O4.CH3.V.W.Y/c1-14-35-25-40(31(5)28(2)30(35)4)51-42-32(6)29(3)34(8)50-43(42)52-39-18-19-45(11)36(33(39)7)17-20-47(13)41(45)16-15-37-38-26-44(9,10)21-23-48(38,27-49)24-22-46(37,47)12;;;;/h15,24,28-32,34-36,38-43H,14,16-23,25-26H2,1-13H3;1H3;;;/q-3;-1;;;/t28-,29-,30+,31?,32-,34?,35?,36-,38?,39-,40+,41?,42?,43-,45?,46+,47-,48+;;;;/m0..../s1. The van der Waals surface area contributed by atoms with Crippen molar-refractivity contribution in [1.29, 1.82) is 0 Å². The molecule has 6 aliphatic carbocycles. The summed E-state index contributed by atoms with van der Waals surface area (Å²) in [6.45, 7) is 31.8. The van der Waals surface area contributed by atoms with E-state index in [1.54, 1.807) is 11.5 Å². The van der Waals surface area contributed by atoms with Gasteiger partial charge in [-0.25, -0.2) is 0 Å². The number of ether oxygens (including phenoxy) is 3. The second kappa shape index (κ2) is 18.8. The van der Waals surface area contributed by atoms with Crippen molar-refractivity contribution in [2.45, 2.75) is 191 Å². The van der Waals surface area contributed by atoms with E-state index in [0.717, 1.165) is 56.8 Å². The van der Waals surface area contributed by atoms with E-state index in [9.17, 15) is 4.79 Å². The molecule has 4 nitrogen and oxygen atoms in total. The van der Waals surface area contributed by atoms with E-state index >= 15 is 0 Å². The molecule has 18 atom stereocenters. The number of hydrogen-bond acceptors (Lipinski definition) is 4. The molecule has 7 unspecified atom stereocenters. The largest absolute Gasteiger partial charge is 0.544 e. The molecule has 7 aliphatic rings. The maximum Gasteiger partial charge on any atom is 0.181 e. The average molecular weight is 1060 g/mol. The molecule has 1 heterocycles. The van der Waals surface area contributed by atoms with E-state index in [2.05, 4.69) is 109 Å². The Balaban J connectivity index is 0.00000210. The topological polar surface area (TPSA) is 44.8 Å². The van der Waals surface area contributed by atoms with Crippen LogP contribution in [0.2, 0.25) is 0 Å². The molecular formula is C49H80O4VWY-4. The van der Waals surface area contributed by atoms with Gasteiger partial charge in [-0.2, -0.15) is 19.3 Å². The van der Waals surface area contributed by atoms with Crippen LogP contribution in [0.5, 0.6) is 0 Å². The predicted molar refractivity (Wildman–Crippen MR) is 218 cm³/mol. The van der Waals surface area contributed by atoms with Crippen molar-refractivity contribution in [2.24, 2.45) is 80.3 Å². The second-order valence-electron chi connectivity index (χ2n) is 21.7. The van der Waals surface area contributed by atoms with Crippen molar-refractivity contribution in [1.82, 2.24) is 0 Å². The van der Waals surface area contributed by atoms with Gasteiger partial charge < -0.3 is 32.9 Å². The Bertz CT molecular complexity index is 1370. The fourth-order valence-electron chi connectivity index (χ4n) is 14.4. The molecule has 56 heavy (non-hydrogen) atoms. The van der Waals surface area contributed by atoms with Gasteiger partial charge in [-0.1, -0.05) is 137 Å². The zero-order valence-electron chi connectivity index (χ0n) is 38.1. The molecule has 7 heteroatoms. The van der Waals surface area contributed by atoms with E-state index in [-0.39, 0.29) is 138 Å². The number of carbonyl (C=O) groups excluding carboxylic acids is 1. The first-order valence-electron chi connectivity index (χ1n) is 22.1. The summed E-state index contributed by atoms with van der Waals surface area (Å²) < 4.78 is 21.3. The van der Waals surface area contributed by atoms with Gasteiger partial charge in [0.15, 0.2) is 6.29 Å². The summed E-state index contributed by atoms with van der Waals surface area (Å²) in [4.78, 5) is 12.7. The molecule has 7 rings (SSSR count). The molecule has 0 aromatic carbocycles. The molecule has 0 N–H and O–H groups in total. The Hall–Kier alpha value is 1.67. The van der Waals surface area contributed by atoms with E-state index in [1.807, 2.05) is 0 Å². The summed E-state index contributed by atoms with van der Waals surface area (Å²) in [5.41, 5.74) is 2.03. The van der Waals surface area contributed by atoms with Gasteiger partial charge in [0.25, 0.3) is 0 Å². The van der Waals surface area contributed by atoms with Crippen molar-refractivity contribution in [3.05, 3.63) is 31.4 Å². The minimum Gasteiger partial charge on any atom is -0.544 e. The van der Waals surface area contributed by atoms with Gasteiger partial charge in [-0.3, -0.25) is 17.6 Å². The molecule has 0 spiro atoms. The summed E-state index contributed by atoms with van der Waals surface area (Å²) in [7, 11) is 0. The maximum atomic E-state index is 12.7. The summed E-state index contributed by atoms with van der Waals surface area (Å²) in [5.74, 6) is 6.48. The Morgan fingerprint density at radius 1 is 0.911 bits per heavy atom. The first-order valence-corrected chi connectivity index (χ1v) is 22.1. The molecule has 1 saturated heterocycles. The molecule has 0 amide bonds. The molecule has 2 radical (unpaired) electrons. The number of allylic oxidation sites excluding steroid dienone is 2. The van der Waals surface area contributed by atoms with Crippen LogP contribution in [0.15, 0.2) is 11.6 Å². The summed E-state index contributed by atoms with van der Waals surface area (Å²) >= 11 is 0. The van der Waals surface area contributed by atoms with Gasteiger partial charge in [0.05, 0.1) is 12.2 Å². The van der Waals surface area contributed by atoms with Gasteiger partial charge in [0, 0.05) is 72.3 Å². The van der Waals surface area contributed by atoms with E-state index < -0.39 is 0 Å². The van der Waals surface area contributed by atoms with Crippen LogP contribution in [0, 0.1) is 100 Å². The van der Waals surface area contributed by atoms with Gasteiger partial charge in [0.2, 0.25) is 0 Å². The van der Waals surface area contributed by atoms with Crippen molar-refractivity contribution in [3.63, 3.8) is 0 Å². The number of hydrogen-bond donors (Lipinski definition) is 0. The van der Waals surface area contributed by atoms with Gasteiger partial charge in [-0.05, 0) is 96.7 Å². The minimum atomic E-state index is -0.385. The van der Waals surface area contributed by atoms with Crippen LogP contribution >= 0.6 is 0 Å². The third kappa shape index (κ3) is 8.29. The van der Waals surface area contributed by atoms with Crippen LogP contribution in [0.4, 0.5) is 0 Å². The molecular weight excluding hydrogens is 976 g/mol. The monoisotopic (exact) mass is 1060 g/mol. The molecule has 0 aromatic heterocycles. The van der Waals surface area contributed by atoms with Crippen LogP contribution < -0.4 is 0 Å². The first kappa shape index (κ1) is 52.0. The van der Waals surface area contributed by atoms with Crippen molar-refractivity contribution in [3.8, 4) is 0 Å². The molecule has 0 bridgehead atoms. The second-order valence-corrected chi connectivity index (χ2v) is 21.7. The third-order valence-electron chi connectivity index (χ3n) is 19.2. The molecule has 6 fully saturated rings. The van der Waals surface area contributed by atoms with E-state index in [1.165, 1.54) is 25.7 Å². The number of rotatable bonds is 6. The number of fused-ring (bicyclic) bond motifs is 7. The fraction of sp³-hybridized carbons (Fsp3) is 0.878. The summed E-state index contributed by atoms with van der Waals surface area (Å²) in [6.07, 6.45) is 20.4. The van der Waals surface area contributed by atoms with Crippen molar-refractivity contribution >= 4 is 6.29 Å². The summed E-state index contributed by atoms with van der Waals surface area (Å²) in [6, 6.07) is 0. The average Bonchev–Trinajstić information content (AvgIpc) is 3.10. The zero-order valence-corrected chi connectivity index (χ0v) is 45.2. The Kier molecular flexibility index (Phi) is 17.5. The predicted octanol–water partition coefficient (Wildman–Crippen LogP) is 12.2. The van der Waals surface area contributed by atoms with Crippen LogP contribution in [-0.4, -0.2) is 37.0 Å². The fourth-order valence-corrected chi connectivity index (χ4v) is 14.4. The first-order chi connectivity index (χ1) is 24.4. The van der Waals surface area contributed by atoms with Crippen LogP contribution in [-0.2, 0) is 91.3 Å². The van der Waals surface area contributed by atoms with Gasteiger partial charge >= 0.3 is 0 Å². The Morgan fingerprint density at radius 2 is 1.59 bits per heavy atom. The molecule has 1 aliphatic heterocycles. The molecule has 318 valence electrons. The van der Waals surface area contributed by atoms with Crippen molar-refractivity contribution in [2.75, 3.05) is 0 Å². The van der Waals surface area contributed by atoms with Crippen LogP contribution in [0.3, 0.4) is 0 Å². The quantitative estimate of drug-likeness (QED) is 0.151. The third-order valence-corrected chi connectivity index (χ3v) is 19.2. The summed E-state index contributed by atoms with van der Waals surface area (Å²) in [5, 5.41) is 0. The van der Waals surface area contributed by atoms with E-state index in [4.69, 9.17) is 14.2 Å². The molecule has 5 saturated carbocycles. The van der Waals surface area contributed by atoms with Crippen molar-refractivity contribution < 1.29 is 91.3 Å². The van der Waals surface area contributed by atoms with Crippen LogP contribution in [0.25, 0.3) is 0 Å². The van der Waals surface area contributed by atoms with Crippen LogP contribution in [0.1, 0.15) is 161 Å². The van der Waals surface area contributed by atoms with Gasteiger partial charge in [-0.15, -0.1) is 0 Å². The maximum absolute atomic E-state index is 12.7. The minimum absolute atomic E-state index is 0. The van der Waals surface area contributed by atoms with Gasteiger partial charge in [0.1, 0.15) is 6.10 Å². The smallest absolute Gasteiger partial charge is 0.181 e. The Morgan fingerprint density at radius 3 is 2.23 bits per heavy atom. The van der Waals surface area contributed by atoms with E-state index in [0.29, 0.717) is 41.4 Å². The molecule has 0 aromatic rings. The Labute approximate surface area is 397 Å². The zero-order chi connectivity index (χ0) is 37.8. The SMILES string of the molecule is CCC1C[C@@H](OC2[C@H](O[C@H]3CCC4(C)C5CC=C6C7CC(C)(C)CC[C@]7([C-]=O)[CH-]C[C@@]6(C)[C@@]5(C)CC[C@H]4[C-]3C)OC(C)[C@@H](C)[C@@H]2C)C(C)[C@@H](C)[C@H]1C.[CH3-].[V].[W].[Y]. The normalized spacial score (nSPS) is 51.0.